The van der Waals surface area contributed by atoms with Crippen LogP contribution in [0.4, 0.5) is 10.5 Å². The quantitative estimate of drug-likeness (QED) is 0.512. The zero-order valence-electron chi connectivity index (χ0n) is 20.0. The minimum Gasteiger partial charge on any atom is -0.339 e. The maximum absolute atomic E-state index is 13.2. The van der Waals surface area contributed by atoms with Crippen molar-refractivity contribution in [3.8, 4) is 0 Å². The number of benzene rings is 3. The molecule has 8 heteroatoms. The first-order chi connectivity index (χ1) is 16.8. The van der Waals surface area contributed by atoms with E-state index in [1.54, 1.807) is 36.1 Å². The molecule has 1 aliphatic rings. The van der Waals surface area contributed by atoms with Crippen LogP contribution in [0.25, 0.3) is 10.8 Å². The molecule has 1 atom stereocenters. The molecule has 4 rings (SSSR count). The van der Waals surface area contributed by atoms with Crippen molar-refractivity contribution in [1.82, 2.24) is 15.1 Å². The first-order valence-corrected chi connectivity index (χ1v) is 11.6. The molecule has 0 unspecified atom stereocenters. The number of amides is 5. The Labute approximate surface area is 203 Å². The van der Waals surface area contributed by atoms with Gasteiger partial charge in [0.2, 0.25) is 5.91 Å². The van der Waals surface area contributed by atoms with Crippen molar-refractivity contribution in [1.29, 1.82) is 0 Å². The number of imide groups is 1. The summed E-state index contributed by atoms with van der Waals surface area (Å²) >= 11 is 0. The van der Waals surface area contributed by atoms with Crippen molar-refractivity contribution < 1.29 is 19.2 Å². The van der Waals surface area contributed by atoms with Crippen molar-refractivity contribution in [2.45, 2.75) is 26.3 Å². The topological polar surface area (TPSA) is 98.8 Å². The molecule has 0 aliphatic carbocycles. The van der Waals surface area contributed by atoms with Crippen LogP contribution < -0.4 is 10.6 Å². The zero-order chi connectivity index (χ0) is 25.2. The zero-order valence-corrected chi connectivity index (χ0v) is 20.0. The number of carbonyl (C=O) groups excluding carboxylic acids is 4. The number of rotatable bonds is 7. The van der Waals surface area contributed by atoms with E-state index in [1.165, 1.54) is 0 Å². The van der Waals surface area contributed by atoms with Crippen molar-refractivity contribution in [3.05, 3.63) is 77.9 Å². The Morgan fingerprint density at radius 1 is 0.943 bits per heavy atom. The van der Waals surface area contributed by atoms with E-state index < -0.39 is 29.9 Å². The number of carbonyl (C=O) groups is 4. The summed E-state index contributed by atoms with van der Waals surface area (Å²) in [5.41, 5.74) is 0.363. The summed E-state index contributed by atoms with van der Waals surface area (Å²) < 4.78 is 0. The van der Waals surface area contributed by atoms with Crippen molar-refractivity contribution in [2.24, 2.45) is 0 Å². The second-order valence-electron chi connectivity index (χ2n) is 8.61. The van der Waals surface area contributed by atoms with Crippen LogP contribution >= 0.6 is 0 Å². The Morgan fingerprint density at radius 3 is 2.26 bits per heavy atom. The van der Waals surface area contributed by atoms with Gasteiger partial charge in [0.25, 0.3) is 11.8 Å². The smallest absolute Gasteiger partial charge is 0.325 e. The van der Waals surface area contributed by atoms with Crippen molar-refractivity contribution >= 4 is 40.2 Å². The molecule has 0 aromatic heterocycles. The lowest BCUT2D eigenvalue weighted by Gasteiger charge is -2.22. The lowest BCUT2D eigenvalue weighted by Crippen LogP contribution is -2.42. The van der Waals surface area contributed by atoms with Crippen LogP contribution in [0, 0.1) is 0 Å². The molecule has 0 saturated carbocycles. The molecule has 5 amide bonds. The molecule has 1 heterocycles. The minimum absolute atomic E-state index is 0.0832. The summed E-state index contributed by atoms with van der Waals surface area (Å²) in [7, 11) is 0. The summed E-state index contributed by atoms with van der Waals surface area (Å²) in [4.78, 5) is 53.6. The molecule has 2 N–H and O–H groups in total. The number of urea groups is 1. The monoisotopic (exact) mass is 472 g/mol. The standard InChI is InChI=1S/C27H28N4O4/c1-4-30(5-2)24(33)19-11-14-22(15-12-19)28-23(32)17-31-25(34)27(3,29-26(31)35)21-13-10-18-8-6-7-9-20(18)16-21/h6-16H,4-5,17H2,1-3H3,(H,28,32)(H,29,35)/t27-/m1/s1. The largest absolute Gasteiger partial charge is 0.339 e. The minimum atomic E-state index is -1.27. The van der Waals surface area contributed by atoms with Gasteiger partial charge in [0.05, 0.1) is 0 Å². The fourth-order valence-corrected chi connectivity index (χ4v) is 4.27. The average Bonchev–Trinajstić information content (AvgIpc) is 3.08. The van der Waals surface area contributed by atoms with Gasteiger partial charge in [0, 0.05) is 24.3 Å². The Bertz CT molecular complexity index is 1300. The molecule has 0 radical (unpaired) electrons. The molecule has 3 aromatic rings. The van der Waals surface area contributed by atoms with Gasteiger partial charge in [-0.25, -0.2) is 4.79 Å². The van der Waals surface area contributed by atoms with Gasteiger partial charge in [-0.15, -0.1) is 0 Å². The fourth-order valence-electron chi connectivity index (χ4n) is 4.27. The van der Waals surface area contributed by atoms with Crippen LogP contribution in [0.2, 0.25) is 0 Å². The number of hydrogen-bond donors (Lipinski definition) is 2. The van der Waals surface area contributed by atoms with Crippen LogP contribution in [0.15, 0.2) is 66.7 Å². The highest BCUT2D eigenvalue weighted by molar-refractivity contribution is 6.10. The second-order valence-corrected chi connectivity index (χ2v) is 8.61. The Balaban J connectivity index is 1.44. The summed E-state index contributed by atoms with van der Waals surface area (Å²) in [6.45, 7) is 6.26. The van der Waals surface area contributed by atoms with Gasteiger partial charge < -0.3 is 15.5 Å². The molecule has 1 fully saturated rings. The highest BCUT2D eigenvalue weighted by Gasteiger charge is 2.49. The molecule has 0 spiro atoms. The maximum Gasteiger partial charge on any atom is 0.325 e. The van der Waals surface area contributed by atoms with Gasteiger partial charge in [-0.1, -0.05) is 36.4 Å². The van der Waals surface area contributed by atoms with E-state index in [1.807, 2.05) is 56.3 Å². The van der Waals surface area contributed by atoms with Gasteiger partial charge in [-0.3, -0.25) is 19.3 Å². The number of nitrogens with one attached hydrogen (secondary N) is 2. The van der Waals surface area contributed by atoms with Gasteiger partial charge in [0.1, 0.15) is 12.1 Å². The van der Waals surface area contributed by atoms with Crippen LogP contribution in [-0.4, -0.2) is 53.2 Å². The van der Waals surface area contributed by atoms with E-state index in [0.29, 0.717) is 29.9 Å². The molecular formula is C27H28N4O4. The van der Waals surface area contributed by atoms with Gasteiger partial charge in [-0.2, -0.15) is 0 Å². The molecule has 1 aliphatic heterocycles. The summed E-state index contributed by atoms with van der Waals surface area (Å²) in [6.07, 6.45) is 0. The molecule has 8 nitrogen and oxygen atoms in total. The van der Waals surface area contributed by atoms with E-state index in [-0.39, 0.29) is 5.91 Å². The van der Waals surface area contributed by atoms with Crippen LogP contribution in [-0.2, 0) is 15.1 Å². The predicted molar refractivity (Wildman–Crippen MR) is 134 cm³/mol. The normalized spacial score (nSPS) is 17.4. The van der Waals surface area contributed by atoms with E-state index in [9.17, 15) is 19.2 Å². The third-order valence-corrected chi connectivity index (χ3v) is 6.37. The lowest BCUT2D eigenvalue weighted by molar-refractivity contribution is -0.133. The molecule has 180 valence electrons. The predicted octanol–water partition coefficient (Wildman–Crippen LogP) is 3.73. The first kappa shape index (κ1) is 23.9. The van der Waals surface area contributed by atoms with Crippen LogP contribution in [0.5, 0.6) is 0 Å². The van der Waals surface area contributed by atoms with Crippen LogP contribution in [0.1, 0.15) is 36.7 Å². The first-order valence-electron chi connectivity index (χ1n) is 11.6. The lowest BCUT2D eigenvalue weighted by atomic mass is 9.90. The molecule has 3 aromatic carbocycles. The van der Waals surface area contributed by atoms with E-state index in [4.69, 9.17) is 0 Å². The molecular weight excluding hydrogens is 444 g/mol. The fraction of sp³-hybridized carbons (Fsp3) is 0.259. The van der Waals surface area contributed by atoms with Crippen LogP contribution in [0.3, 0.4) is 0 Å². The van der Waals surface area contributed by atoms with Gasteiger partial charge in [0.15, 0.2) is 0 Å². The summed E-state index contributed by atoms with van der Waals surface area (Å²) in [5, 5.41) is 7.40. The number of anilines is 1. The maximum atomic E-state index is 13.2. The molecule has 1 saturated heterocycles. The highest BCUT2D eigenvalue weighted by Crippen LogP contribution is 2.31. The van der Waals surface area contributed by atoms with Crippen molar-refractivity contribution in [3.63, 3.8) is 0 Å². The number of nitrogens with zero attached hydrogens (tertiary/aromatic N) is 2. The average molecular weight is 473 g/mol. The number of hydrogen-bond acceptors (Lipinski definition) is 4. The summed E-state index contributed by atoms with van der Waals surface area (Å²) in [5.74, 6) is -1.09. The third kappa shape index (κ3) is 4.59. The molecule has 0 bridgehead atoms. The van der Waals surface area contributed by atoms with E-state index >= 15 is 0 Å². The molecule has 35 heavy (non-hydrogen) atoms. The number of fused-ring (bicyclic) bond motifs is 1. The van der Waals surface area contributed by atoms with E-state index in [2.05, 4.69) is 10.6 Å². The Morgan fingerprint density at radius 2 is 1.60 bits per heavy atom. The second kappa shape index (κ2) is 9.58. The summed E-state index contributed by atoms with van der Waals surface area (Å²) in [6, 6.07) is 19.2. The van der Waals surface area contributed by atoms with Gasteiger partial charge in [-0.05, 0) is 67.4 Å². The van der Waals surface area contributed by atoms with Crippen molar-refractivity contribution in [2.75, 3.05) is 25.0 Å². The van der Waals surface area contributed by atoms with E-state index in [0.717, 1.165) is 15.7 Å². The highest BCUT2D eigenvalue weighted by atomic mass is 16.2. The Kier molecular flexibility index (Phi) is 6.55. The SMILES string of the molecule is CCN(CC)C(=O)c1ccc(NC(=O)CN2C(=O)N[C@](C)(c3ccc4ccccc4c3)C2=O)cc1. The van der Waals surface area contributed by atoms with Gasteiger partial charge >= 0.3 is 6.03 Å². The third-order valence-electron chi connectivity index (χ3n) is 6.37. The Hall–Kier alpha value is -4.20.